The first-order valence-corrected chi connectivity index (χ1v) is 8.71. The van der Waals surface area contributed by atoms with E-state index in [1.807, 2.05) is 24.6 Å². The molecule has 0 spiro atoms. The molecule has 1 aromatic rings. The van der Waals surface area contributed by atoms with Crippen molar-refractivity contribution >= 4 is 29.9 Å². The van der Waals surface area contributed by atoms with Gasteiger partial charge < -0.3 is 24.3 Å². The minimum Gasteiger partial charge on any atom is -0.382 e. The summed E-state index contributed by atoms with van der Waals surface area (Å²) in [6.45, 7) is 10.9. The third kappa shape index (κ3) is 6.84. The van der Waals surface area contributed by atoms with Crippen LogP contribution < -0.4 is 5.32 Å². The van der Waals surface area contributed by atoms with Crippen molar-refractivity contribution in [2.75, 3.05) is 46.6 Å². The average Bonchev–Trinajstić information content (AvgIpc) is 3.20. The molecule has 1 aromatic heterocycles. The van der Waals surface area contributed by atoms with Crippen LogP contribution in [0, 0.1) is 12.8 Å². The Labute approximate surface area is 173 Å². The highest BCUT2D eigenvalue weighted by Gasteiger charge is 2.25. The molecule has 1 aliphatic rings. The molecule has 1 fully saturated rings. The first kappa shape index (κ1) is 22.8. The SMILES string of the molecule is C=CCNC(=NCc1nnc(C)n1C)N1CCC(COCCOC)C1.I. The molecule has 0 radical (unpaired) electrons. The van der Waals surface area contributed by atoms with Crippen LogP contribution in [0.25, 0.3) is 0 Å². The number of guanidine groups is 1. The summed E-state index contributed by atoms with van der Waals surface area (Å²) < 4.78 is 12.6. The summed E-state index contributed by atoms with van der Waals surface area (Å²) in [6, 6.07) is 0. The van der Waals surface area contributed by atoms with Crippen molar-refractivity contribution < 1.29 is 9.47 Å². The van der Waals surface area contributed by atoms with Gasteiger partial charge in [0.15, 0.2) is 11.8 Å². The normalized spacial score (nSPS) is 17.3. The van der Waals surface area contributed by atoms with Crippen molar-refractivity contribution in [3.63, 3.8) is 0 Å². The number of likely N-dealkylation sites (tertiary alicyclic amines) is 1. The monoisotopic (exact) mass is 478 g/mol. The van der Waals surface area contributed by atoms with E-state index in [2.05, 4.69) is 27.0 Å². The minimum absolute atomic E-state index is 0. The van der Waals surface area contributed by atoms with Gasteiger partial charge >= 0.3 is 0 Å². The Hall–Kier alpha value is -1.20. The predicted octanol–water partition coefficient (Wildman–Crippen LogP) is 1.36. The molecule has 1 aliphatic heterocycles. The summed E-state index contributed by atoms with van der Waals surface area (Å²) in [6.07, 6.45) is 2.94. The van der Waals surface area contributed by atoms with Crippen molar-refractivity contribution in [3.8, 4) is 0 Å². The maximum atomic E-state index is 5.67. The van der Waals surface area contributed by atoms with Crippen molar-refractivity contribution in [1.82, 2.24) is 25.0 Å². The summed E-state index contributed by atoms with van der Waals surface area (Å²) in [5.41, 5.74) is 0. The van der Waals surface area contributed by atoms with Gasteiger partial charge in [-0.2, -0.15) is 0 Å². The van der Waals surface area contributed by atoms with Crippen LogP contribution in [0.3, 0.4) is 0 Å². The van der Waals surface area contributed by atoms with Crippen molar-refractivity contribution in [2.45, 2.75) is 19.9 Å². The van der Waals surface area contributed by atoms with Gasteiger partial charge in [-0.3, -0.25) is 0 Å². The molecule has 2 heterocycles. The summed E-state index contributed by atoms with van der Waals surface area (Å²) >= 11 is 0. The highest BCUT2D eigenvalue weighted by molar-refractivity contribution is 14.0. The number of rotatable bonds is 9. The number of nitrogens with zero attached hydrogens (tertiary/aromatic N) is 5. The second-order valence-electron chi connectivity index (χ2n) is 6.20. The lowest BCUT2D eigenvalue weighted by atomic mass is 10.1. The quantitative estimate of drug-likeness (QED) is 0.190. The Kier molecular flexibility index (Phi) is 10.7. The van der Waals surface area contributed by atoms with E-state index >= 15 is 0 Å². The van der Waals surface area contributed by atoms with Crippen molar-refractivity contribution in [3.05, 3.63) is 24.3 Å². The first-order valence-electron chi connectivity index (χ1n) is 8.71. The van der Waals surface area contributed by atoms with Gasteiger partial charge in [0.2, 0.25) is 0 Å². The minimum atomic E-state index is 0. The third-order valence-electron chi connectivity index (χ3n) is 4.33. The number of aromatic nitrogens is 3. The number of halogens is 1. The van der Waals surface area contributed by atoms with E-state index in [1.54, 1.807) is 7.11 Å². The molecule has 0 amide bonds. The number of aliphatic imine (C=N–C) groups is 1. The van der Waals surface area contributed by atoms with Crippen LogP contribution in [0.2, 0.25) is 0 Å². The fraction of sp³-hybridized carbons (Fsp3) is 0.706. The molecule has 9 heteroatoms. The molecule has 148 valence electrons. The Morgan fingerprint density at radius 3 is 2.88 bits per heavy atom. The molecule has 0 bridgehead atoms. The summed E-state index contributed by atoms with van der Waals surface area (Å²) in [4.78, 5) is 7.01. The van der Waals surface area contributed by atoms with Gasteiger partial charge in [-0.1, -0.05) is 6.08 Å². The van der Waals surface area contributed by atoms with E-state index in [1.165, 1.54) is 0 Å². The summed E-state index contributed by atoms with van der Waals surface area (Å²) in [5, 5.41) is 11.6. The van der Waals surface area contributed by atoms with Gasteiger partial charge in [-0.15, -0.1) is 40.8 Å². The molecule has 0 saturated carbocycles. The molecule has 8 nitrogen and oxygen atoms in total. The Morgan fingerprint density at radius 2 is 2.23 bits per heavy atom. The maximum absolute atomic E-state index is 5.67. The van der Waals surface area contributed by atoms with Gasteiger partial charge in [0.05, 0.1) is 19.8 Å². The highest BCUT2D eigenvalue weighted by Crippen LogP contribution is 2.17. The van der Waals surface area contributed by atoms with Crippen molar-refractivity contribution in [1.29, 1.82) is 0 Å². The largest absolute Gasteiger partial charge is 0.382 e. The van der Waals surface area contributed by atoms with Crippen LogP contribution in [0.1, 0.15) is 18.1 Å². The standard InChI is InChI=1S/C17H30N6O2.HI/c1-5-7-18-17(19-11-16-21-20-14(2)22(16)3)23-8-6-15(12-23)13-25-10-9-24-4;/h5,15H,1,6-13H2,2-4H3,(H,18,19);1H. The number of ether oxygens (including phenoxy) is 2. The number of nitrogens with one attached hydrogen (secondary N) is 1. The topological polar surface area (TPSA) is 76.8 Å². The molecule has 0 aromatic carbocycles. The lowest BCUT2D eigenvalue weighted by Crippen LogP contribution is -2.40. The van der Waals surface area contributed by atoms with Gasteiger partial charge in [0.25, 0.3) is 0 Å². The zero-order valence-electron chi connectivity index (χ0n) is 16.0. The lowest BCUT2D eigenvalue weighted by Gasteiger charge is -2.21. The van der Waals surface area contributed by atoms with Crippen LogP contribution in [0.4, 0.5) is 0 Å². The van der Waals surface area contributed by atoms with E-state index in [0.29, 0.717) is 32.2 Å². The zero-order valence-corrected chi connectivity index (χ0v) is 18.3. The van der Waals surface area contributed by atoms with Crippen LogP contribution in [0.5, 0.6) is 0 Å². The number of aryl methyl sites for hydroxylation is 1. The molecular formula is C17H31IN6O2. The number of methoxy groups -OCH3 is 1. The molecule has 1 N–H and O–H groups in total. The summed E-state index contributed by atoms with van der Waals surface area (Å²) in [7, 11) is 3.65. The fourth-order valence-electron chi connectivity index (χ4n) is 2.72. The molecule has 1 saturated heterocycles. The van der Waals surface area contributed by atoms with E-state index in [-0.39, 0.29) is 24.0 Å². The van der Waals surface area contributed by atoms with Gasteiger partial charge in [-0.05, 0) is 13.3 Å². The van der Waals surface area contributed by atoms with Crippen LogP contribution in [-0.2, 0) is 23.1 Å². The zero-order chi connectivity index (χ0) is 18.1. The molecule has 2 rings (SSSR count). The third-order valence-corrected chi connectivity index (χ3v) is 4.33. The van der Waals surface area contributed by atoms with Crippen LogP contribution in [0.15, 0.2) is 17.6 Å². The maximum Gasteiger partial charge on any atom is 0.194 e. The number of hydrogen-bond donors (Lipinski definition) is 1. The smallest absolute Gasteiger partial charge is 0.194 e. The molecule has 1 unspecified atom stereocenters. The van der Waals surface area contributed by atoms with E-state index in [0.717, 1.165) is 43.7 Å². The van der Waals surface area contributed by atoms with E-state index in [9.17, 15) is 0 Å². The second kappa shape index (κ2) is 12.2. The fourth-order valence-corrected chi connectivity index (χ4v) is 2.72. The van der Waals surface area contributed by atoms with E-state index in [4.69, 9.17) is 14.5 Å². The Bertz CT molecular complexity index is 578. The molecule has 0 aliphatic carbocycles. The second-order valence-corrected chi connectivity index (χ2v) is 6.20. The Balaban J connectivity index is 0.00000338. The van der Waals surface area contributed by atoms with Gasteiger partial charge in [0, 0.05) is 39.7 Å². The predicted molar refractivity (Wildman–Crippen MR) is 113 cm³/mol. The van der Waals surface area contributed by atoms with Gasteiger partial charge in [-0.25, -0.2) is 4.99 Å². The van der Waals surface area contributed by atoms with Crippen LogP contribution >= 0.6 is 24.0 Å². The van der Waals surface area contributed by atoms with Gasteiger partial charge in [0.1, 0.15) is 12.4 Å². The molecular weight excluding hydrogens is 447 g/mol. The summed E-state index contributed by atoms with van der Waals surface area (Å²) in [5.74, 6) is 3.15. The van der Waals surface area contributed by atoms with E-state index < -0.39 is 0 Å². The number of hydrogen-bond acceptors (Lipinski definition) is 5. The van der Waals surface area contributed by atoms with Crippen molar-refractivity contribution in [2.24, 2.45) is 18.0 Å². The average molecular weight is 478 g/mol. The molecule has 26 heavy (non-hydrogen) atoms. The Morgan fingerprint density at radius 1 is 1.42 bits per heavy atom. The molecule has 1 atom stereocenters. The first-order chi connectivity index (χ1) is 12.2. The van der Waals surface area contributed by atoms with Crippen LogP contribution in [-0.4, -0.2) is 72.2 Å². The lowest BCUT2D eigenvalue weighted by molar-refractivity contribution is 0.0536. The highest BCUT2D eigenvalue weighted by atomic mass is 127.